The van der Waals surface area contributed by atoms with Crippen LogP contribution in [0.5, 0.6) is 0 Å². The molecule has 0 aliphatic heterocycles. The number of carbonyl (C=O) groups excluding carboxylic acids is 3. The molecule has 0 aromatic heterocycles. The van der Waals surface area contributed by atoms with Crippen LogP contribution in [-0.4, -0.2) is 29.8 Å². The number of hydrogen-bond donors (Lipinski definition) is 1. The third-order valence-corrected chi connectivity index (χ3v) is 4.24. The smallest absolute Gasteiger partial charge is 0.329 e. The molecule has 1 amide bonds. The second kappa shape index (κ2) is 9.78. The van der Waals surface area contributed by atoms with Gasteiger partial charge in [0.05, 0.1) is 6.42 Å². The van der Waals surface area contributed by atoms with E-state index in [1.807, 2.05) is 30.3 Å². The van der Waals surface area contributed by atoms with Gasteiger partial charge < -0.3 is 10.1 Å². The number of amides is 1. The molecule has 0 saturated carbocycles. The molecule has 0 radical (unpaired) electrons. The van der Waals surface area contributed by atoms with Gasteiger partial charge in [-0.2, -0.15) is 0 Å². The minimum absolute atomic E-state index is 0.140. The van der Waals surface area contributed by atoms with Gasteiger partial charge >= 0.3 is 5.97 Å². The van der Waals surface area contributed by atoms with E-state index in [0.717, 1.165) is 5.56 Å². The van der Waals surface area contributed by atoms with Crippen molar-refractivity contribution in [2.45, 2.75) is 39.3 Å². The summed E-state index contributed by atoms with van der Waals surface area (Å²) >= 11 is 0. The molecule has 0 aliphatic rings. The van der Waals surface area contributed by atoms with Crippen molar-refractivity contribution in [1.29, 1.82) is 0 Å². The number of nitrogens with one attached hydrogen (secondary N) is 1. The van der Waals surface area contributed by atoms with Crippen LogP contribution in [0.1, 0.15) is 36.7 Å². The van der Waals surface area contributed by atoms with E-state index in [4.69, 9.17) is 4.74 Å². The van der Waals surface area contributed by atoms with Crippen LogP contribution in [0.15, 0.2) is 54.6 Å². The average molecular weight is 385 g/mol. The number of halogens is 1. The van der Waals surface area contributed by atoms with E-state index >= 15 is 0 Å². The van der Waals surface area contributed by atoms with Crippen molar-refractivity contribution in [2.75, 3.05) is 0 Å². The van der Waals surface area contributed by atoms with Gasteiger partial charge in [0.2, 0.25) is 11.7 Å². The number of ether oxygens (including phenoxy) is 1. The van der Waals surface area contributed by atoms with Crippen molar-refractivity contribution in [3.05, 3.63) is 71.5 Å². The van der Waals surface area contributed by atoms with Gasteiger partial charge in [-0.15, -0.1) is 0 Å². The van der Waals surface area contributed by atoms with Crippen LogP contribution < -0.4 is 5.32 Å². The van der Waals surface area contributed by atoms with Gasteiger partial charge in [-0.3, -0.25) is 9.59 Å². The minimum atomic E-state index is -1.05. The number of hydrogen-bond acceptors (Lipinski definition) is 4. The maximum Gasteiger partial charge on any atom is 0.329 e. The number of Topliss-reactive ketones (excluding diaryl/α,β-unsaturated/α-hetero) is 1. The molecule has 6 heteroatoms. The van der Waals surface area contributed by atoms with E-state index in [2.05, 4.69) is 5.32 Å². The van der Waals surface area contributed by atoms with Crippen LogP contribution in [0.25, 0.3) is 0 Å². The highest BCUT2D eigenvalue weighted by atomic mass is 19.1. The molecule has 2 aromatic carbocycles. The van der Waals surface area contributed by atoms with Gasteiger partial charge in [0.1, 0.15) is 11.9 Å². The van der Waals surface area contributed by atoms with Gasteiger partial charge in [-0.05, 0) is 42.7 Å². The summed E-state index contributed by atoms with van der Waals surface area (Å²) in [5.74, 6) is -2.10. The quantitative estimate of drug-likeness (QED) is 0.559. The Morgan fingerprint density at radius 1 is 0.964 bits per heavy atom. The molecular weight excluding hydrogens is 361 g/mol. The Hall–Kier alpha value is -3.02. The molecule has 148 valence electrons. The number of esters is 1. The van der Waals surface area contributed by atoms with Gasteiger partial charge in [-0.1, -0.05) is 44.2 Å². The van der Waals surface area contributed by atoms with Crippen molar-refractivity contribution < 1.29 is 23.5 Å². The first-order chi connectivity index (χ1) is 13.3. The molecule has 2 atom stereocenters. The lowest BCUT2D eigenvalue weighted by molar-refractivity contribution is -0.151. The first-order valence-corrected chi connectivity index (χ1v) is 9.11. The molecule has 0 aliphatic carbocycles. The highest BCUT2D eigenvalue weighted by molar-refractivity contribution is 6.00. The van der Waals surface area contributed by atoms with E-state index < -0.39 is 29.7 Å². The molecule has 1 N–H and O–H groups in total. The molecule has 28 heavy (non-hydrogen) atoms. The lowest BCUT2D eigenvalue weighted by atomic mass is 10.0. The Kier molecular flexibility index (Phi) is 7.44. The van der Waals surface area contributed by atoms with Crippen molar-refractivity contribution in [3.8, 4) is 0 Å². The summed E-state index contributed by atoms with van der Waals surface area (Å²) in [6, 6.07) is 13.3. The summed E-state index contributed by atoms with van der Waals surface area (Å²) in [5, 5.41) is 2.68. The lowest BCUT2D eigenvalue weighted by Crippen LogP contribution is -2.47. The summed E-state index contributed by atoms with van der Waals surface area (Å²) in [5.41, 5.74) is 1.08. The summed E-state index contributed by atoms with van der Waals surface area (Å²) in [4.78, 5) is 37.2. The average Bonchev–Trinajstić information content (AvgIpc) is 2.66. The second-order valence-corrected chi connectivity index (χ2v) is 6.90. The largest absolute Gasteiger partial charge is 0.453 e. The zero-order chi connectivity index (χ0) is 20.7. The number of ketones is 1. The molecule has 5 nitrogen and oxygen atoms in total. The third kappa shape index (κ3) is 6.01. The van der Waals surface area contributed by atoms with Crippen LogP contribution in [0.3, 0.4) is 0 Å². The van der Waals surface area contributed by atoms with Crippen LogP contribution in [0.2, 0.25) is 0 Å². The van der Waals surface area contributed by atoms with Crippen LogP contribution >= 0.6 is 0 Å². The Bertz CT molecular complexity index is 818. The standard InChI is InChI=1S/C22H24FNO4/c1-14(2)20(24-19(25)13-16-7-5-4-6-8-16)22(27)28-15(3)21(26)17-9-11-18(23)12-10-17/h4-12,14-15,20H,13H2,1-3H3,(H,24,25)/t15-,20-/m0/s1. The zero-order valence-electron chi connectivity index (χ0n) is 16.1. The van der Waals surface area contributed by atoms with E-state index in [1.165, 1.54) is 31.2 Å². The summed E-state index contributed by atoms with van der Waals surface area (Å²) < 4.78 is 18.3. The predicted octanol–water partition coefficient (Wildman–Crippen LogP) is 3.32. The second-order valence-electron chi connectivity index (χ2n) is 6.90. The maximum atomic E-state index is 13.0. The zero-order valence-corrected chi connectivity index (χ0v) is 16.1. The normalized spacial score (nSPS) is 12.9. The number of rotatable bonds is 8. The van der Waals surface area contributed by atoms with Crippen LogP contribution in [0.4, 0.5) is 4.39 Å². The van der Waals surface area contributed by atoms with Gasteiger partial charge in [0.15, 0.2) is 6.10 Å². The maximum absolute atomic E-state index is 13.0. The molecule has 0 unspecified atom stereocenters. The first kappa shape index (κ1) is 21.3. The molecule has 0 heterocycles. The highest BCUT2D eigenvalue weighted by Crippen LogP contribution is 2.12. The van der Waals surface area contributed by atoms with E-state index in [1.54, 1.807) is 13.8 Å². The van der Waals surface area contributed by atoms with E-state index in [0.29, 0.717) is 0 Å². The summed E-state index contributed by atoms with van der Waals surface area (Å²) in [6.45, 7) is 5.01. The van der Waals surface area contributed by atoms with Crippen molar-refractivity contribution in [2.24, 2.45) is 5.92 Å². The summed E-state index contributed by atoms with van der Waals surface area (Å²) in [6.07, 6.45) is -0.910. The fourth-order valence-electron chi connectivity index (χ4n) is 2.65. The molecule has 0 fully saturated rings. The molecule has 0 bridgehead atoms. The SMILES string of the molecule is CC(C)[C@H](NC(=O)Cc1ccccc1)C(=O)O[C@@H](C)C(=O)c1ccc(F)cc1. The highest BCUT2D eigenvalue weighted by Gasteiger charge is 2.29. The first-order valence-electron chi connectivity index (χ1n) is 9.11. The number of carbonyl (C=O) groups is 3. The Morgan fingerprint density at radius 2 is 1.57 bits per heavy atom. The van der Waals surface area contributed by atoms with Gasteiger partial charge in [-0.25, -0.2) is 9.18 Å². The molecule has 2 rings (SSSR count). The molecular formula is C22H24FNO4. The van der Waals surface area contributed by atoms with Gasteiger partial charge in [0, 0.05) is 5.56 Å². The topological polar surface area (TPSA) is 72.5 Å². The third-order valence-electron chi connectivity index (χ3n) is 4.24. The van der Waals surface area contributed by atoms with E-state index in [-0.39, 0.29) is 23.8 Å². The minimum Gasteiger partial charge on any atom is -0.453 e. The van der Waals surface area contributed by atoms with E-state index in [9.17, 15) is 18.8 Å². The Labute approximate surface area is 163 Å². The lowest BCUT2D eigenvalue weighted by Gasteiger charge is -2.23. The summed E-state index contributed by atoms with van der Waals surface area (Å²) in [7, 11) is 0. The monoisotopic (exact) mass is 385 g/mol. The predicted molar refractivity (Wildman–Crippen MR) is 103 cm³/mol. The molecule has 2 aromatic rings. The molecule has 0 saturated heterocycles. The Morgan fingerprint density at radius 3 is 2.14 bits per heavy atom. The fourth-order valence-corrected chi connectivity index (χ4v) is 2.65. The van der Waals surface area contributed by atoms with Crippen LogP contribution in [0, 0.1) is 11.7 Å². The van der Waals surface area contributed by atoms with Gasteiger partial charge in [0.25, 0.3) is 0 Å². The fraction of sp³-hybridized carbons (Fsp3) is 0.318. The van der Waals surface area contributed by atoms with Crippen molar-refractivity contribution >= 4 is 17.7 Å². The Balaban J connectivity index is 1.98. The van der Waals surface area contributed by atoms with Crippen LogP contribution in [-0.2, 0) is 20.7 Å². The van der Waals surface area contributed by atoms with Crippen molar-refractivity contribution in [3.63, 3.8) is 0 Å². The number of benzene rings is 2. The molecule has 0 spiro atoms. The van der Waals surface area contributed by atoms with Crippen molar-refractivity contribution in [1.82, 2.24) is 5.32 Å².